The molecule has 0 aromatic heterocycles. The van der Waals surface area contributed by atoms with E-state index in [0.717, 1.165) is 11.5 Å². The minimum Gasteiger partial charge on any atom is -0.388 e. The second-order valence-electron chi connectivity index (χ2n) is 5.58. The van der Waals surface area contributed by atoms with Crippen LogP contribution in [0.15, 0.2) is 30.3 Å². The standard InChI is InChI=1S/C16H24O/c1-13-7-5-11-15(12-6-8-13)16(17)14-9-3-2-4-10-14/h2-4,9-10,13,15-17H,5-8,11-12H2,1H3. The van der Waals surface area contributed by atoms with E-state index >= 15 is 0 Å². The zero-order valence-electron chi connectivity index (χ0n) is 10.8. The van der Waals surface area contributed by atoms with Crippen LogP contribution in [0.1, 0.15) is 57.1 Å². The Labute approximate surface area is 105 Å². The average molecular weight is 232 g/mol. The number of hydrogen-bond acceptors (Lipinski definition) is 1. The Morgan fingerprint density at radius 1 is 1.00 bits per heavy atom. The summed E-state index contributed by atoms with van der Waals surface area (Å²) in [6, 6.07) is 10.1. The third-order valence-corrected chi connectivity index (χ3v) is 4.13. The van der Waals surface area contributed by atoms with Crippen molar-refractivity contribution in [1.29, 1.82) is 0 Å². The molecule has 1 aliphatic carbocycles. The molecule has 1 N–H and O–H groups in total. The van der Waals surface area contributed by atoms with Crippen molar-refractivity contribution >= 4 is 0 Å². The summed E-state index contributed by atoms with van der Waals surface area (Å²) < 4.78 is 0. The number of aliphatic hydroxyl groups is 1. The molecule has 1 fully saturated rings. The van der Waals surface area contributed by atoms with Gasteiger partial charge in [0, 0.05) is 0 Å². The first-order chi connectivity index (χ1) is 8.27. The first-order valence-electron chi connectivity index (χ1n) is 7.00. The topological polar surface area (TPSA) is 20.2 Å². The number of aliphatic hydroxyl groups excluding tert-OH is 1. The Morgan fingerprint density at radius 3 is 2.18 bits per heavy atom. The van der Waals surface area contributed by atoms with Crippen molar-refractivity contribution in [3.8, 4) is 0 Å². The van der Waals surface area contributed by atoms with E-state index in [1.807, 2.05) is 30.3 Å². The van der Waals surface area contributed by atoms with Crippen molar-refractivity contribution in [1.82, 2.24) is 0 Å². The highest BCUT2D eigenvalue weighted by atomic mass is 16.3. The van der Waals surface area contributed by atoms with Crippen molar-refractivity contribution in [2.45, 2.75) is 51.6 Å². The molecule has 0 saturated heterocycles. The molecule has 2 rings (SSSR count). The third-order valence-electron chi connectivity index (χ3n) is 4.13. The molecular weight excluding hydrogens is 208 g/mol. The first kappa shape index (κ1) is 12.6. The summed E-state index contributed by atoms with van der Waals surface area (Å²) in [5.74, 6) is 1.34. The van der Waals surface area contributed by atoms with Gasteiger partial charge in [-0.05, 0) is 30.2 Å². The van der Waals surface area contributed by atoms with Crippen LogP contribution >= 0.6 is 0 Å². The molecular formula is C16H24O. The van der Waals surface area contributed by atoms with Crippen LogP contribution in [0.4, 0.5) is 0 Å². The predicted octanol–water partition coefficient (Wildman–Crippen LogP) is 4.33. The lowest BCUT2D eigenvalue weighted by Gasteiger charge is -2.26. The molecule has 0 heterocycles. The molecule has 1 unspecified atom stereocenters. The Bertz CT molecular complexity index is 310. The molecule has 94 valence electrons. The molecule has 1 aliphatic rings. The molecule has 0 radical (unpaired) electrons. The number of benzene rings is 1. The van der Waals surface area contributed by atoms with Gasteiger partial charge in [0.2, 0.25) is 0 Å². The molecule has 1 nitrogen and oxygen atoms in total. The second-order valence-corrected chi connectivity index (χ2v) is 5.58. The van der Waals surface area contributed by atoms with Crippen LogP contribution in [0, 0.1) is 11.8 Å². The molecule has 1 saturated carbocycles. The Balaban J connectivity index is 1.97. The zero-order chi connectivity index (χ0) is 12.1. The van der Waals surface area contributed by atoms with E-state index in [2.05, 4.69) is 6.92 Å². The van der Waals surface area contributed by atoms with Crippen molar-refractivity contribution in [2.75, 3.05) is 0 Å². The van der Waals surface area contributed by atoms with Crippen molar-refractivity contribution in [2.24, 2.45) is 11.8 Å². The van der Waals surface area contributed by atoms with E-state index < -0.39 is 0 Å². The van der Waals surface area contributed by atoms with E-state index in [-0.39, 0.29) is 6.10 Å². The molecule has 17 heavy (non-hydrogen) atoms. The molecule has 1 aromatic rings. The Hall–Kier alpha value is -0.820. The minimum absolute atomic E-state index is 0.260. The smallest absolute Gasteiger partial charge is 0.0818 e. The number of rotatable bonds is 2. The minimum atomic E-state index is -0.260. The Morgan fingerprint density at radius 2 is 1.59 bits per heavy atom. The lowest BCUT2D eigenvalue weighted by Crippen LogP contribution is -2.15. The number of hydrogen-bond donors (Lipinski definition) is 1. The van der Waals surface area contributed by atoms with Gasteiger partial charge in [0.15, 0.2) is 0 Å². The maximum atomic E-state index is 10.4. The van der Waals surface area contributed by atoms with Gasteiger partial charge in [-0.2, -0.15) is 0 Å². The fourth-order valence-electron chi connectivity index (χ4n) is 2.98. The zero-order valence-corrected chi connectivity index (χ0v) is 10.8. The average Bonchev–Trinajstić information content (AvgIpc) is 2.34. The van der Waals surface area contributed by atoms with Gasteiger partial charge in [-0.1, -0.05) is 62.9 Å². The lowest BCUT2D eigenvalue weighted by molar-refractivity contribution is 0.0884. The maximum absolute atomic E-state index is 10.4. The SMILES string of the molecule is CC1CCCC(C(O)c2ccccc2)CCC1. The molecule has 0 bridgehead atoms. The van der Waals surface area contributed by atoms with Crippen molar-refractivity contribution < 1.29 is 5.11 Å². The summed E-state index contributed by atoms with van der Waals surface area (Å²) >= 11 is 0. The van der Waals surface area contributed by atoms with E-state index in [4.69, 9.17) is 0 Å². The van der Waals surface area contributed by atoms with Gasteiger partial charge in [-0.3, -0.25) is 0 Å². The van der Waals surface area contributed by atoms with Gasteiger partial charge >= 0.3 is 0 Å². The van der Waals surface area contributed by atoms with Gasteiger partial charge in [0.1, 0.15) is 0 Å². The molecule has 0 aliphatic heterocycles. The van der Waals surface area contributed by atoms with Crippen LogP contribution in [0.5, 0.6) is 0 Å². The van der Waals surface area contributed by atoms with Crippen LogP contribution in [-0.2, 0) is 0 Å². The maximum Gasteiger partial charge on any atom is 0.0818 e. The van der Waals surface area contributed by atoms with Crippen LogP contribution < -0.4 is 0 Å². The fourth-order valence-corrected chi connectivity index (χ4v) is 2.98. The quantitative estimate of drug-likeness (QED) is 0.804. The molecule has 0 amide bonds. The molecule has 1 aromatic carbocycles. The van der Waals surface area contributed by atoms with Crippen molar-refractivity contribution in [3.63, 3.8) is 0 Å². The van der Waals surface area contributed by atoms with Gasteiger partial charge in [0.05, 0.1) is 6.10 Å². The predicted molar refractivity (Wildman–Crippen MR) is 71.8 cm³/mol. The summed E-state index contributed by atoms with van der Waals surface area (Å²) in [6.07, 6.45) is 7.31. The highest BCUT2D eigenvalue weighted by Gasteiger charge is 2.22. The molecule has 1 heteroatoms. The van der Waals surface area contributed by atoms with Gasteiger partial charge in [-0.25, -0.2) is 0 Å². The lowest BCUT2D eigenvalue weighted by atomic mass is 9.82. The highest BCUT2D eigenvalue weighted by Crippen LogP contribution is 2.33. The van der Waals surface area contributed by atoms with Crippen LogP contribution in [0.2, 0.25) is 0 Å². The van der Waals surface area contributed by atoms with Gasteiger partial charge < -0.3 is 5.11 Å². The van der Waals surface area contributed by atoms with Crippen LogP contribution in [0.3, 0.4) is 0 Å². The highest BCUT2D eigenvalue weighted by molar-refractivity contribution is 5.17. The fraction of sp³-hybridized carbons (Fsp3) is 0.625. The van der Waals surface area contributed by atoms with E-state index in [1.165, 1.54) is 38.5 Å². The summed E-state index contributed by atoms with van der Waals surface area (Å²) in [7, 11) is 0. The first-order valence-corrected chi connectivity index (χ1v) is 7.00. The molecule has 1 atom stereocenters. The summed E-state index contributed by atoms with van der Waals surface area (Å²) in [6.45, 7) is 2.36. The molecule has 0 spiro atoms. The van der Waals surface area contributed by atoms with Gasteiger partial charge in [0.25, 0.3) is 0 Å². The van der Waals surface area contributed by atoms with Crippen molar-refractivity contribution in [3.05, 3.63) is 35.9 Å². The summed E-state index contributed by atoms with van der Waals surface area (Å²) in [4.78, 5) is 0. The second kappa shape index (κ2) is 6.20. The largest absolute Gasteiger partial charge is 0.388 e. The van der Waals surface area contributed by atoms with E-state index in [0.29, 0.717) is 5.92 Å². The van der Waals surface area contributed by atoms with Gasteiger partial charge in [-0.15, -0.1) is 0 Å². The monoisotopic (exact) mass is 232 g/mol. The van der Waals surface area contributed by atoms with Crippen LogP contribution in [-0.4, -0.2) is 5.11 Å². The summed E-state index contributed by atoms with van der Waals surface area (Å²) in [5.41, 5.74) is 1.09. The normalized spacial score (nSPS) is 28.1. The van der Waals surface area contributed by atoms with E-state index in [9.17, 15) is 5.11 Å². The third kappa shape index (κ3) is 3.57. The van der Waals surface area contributed by atoms with E-state index in [1.54, 1.807) is 0 Å². The van der Waals surface area contributed by atoms with Crippen LogP contribution in [0.25, 0.3) is 0 Å². The Kier molecular flexibility index (Phi) is 4.61. The summed E-state index contributed by atoms with van der Waals surface area (Å²) in [5, 5.41) is 10.4.